The number of nitrogens with one attached hydrogen (secondary N) is 1. The summed E-state index contributed by atoms with van der Waals surface area (Å²) in [4.78, 5) is 24.7. The van der Waals surface area contributed by atoms with Gasteiger partial charge in [0.1, 0.15) is 0 Å². The van der Waals surface area contributed by atoms with Crippen LogP contribution in [0.15, 0.2) is 48.5 Å². The number of esters is 1. The number of hydrogen-bond donors (Lipinski definition) is 1. The van der Waals surface area contributed by atoms with Crippen LogP contribution in [0, 0.1) is 0 Å². The highest BCUT2D eigenvalue weighted by Crippen LogP contribution is 2.32. The highest BCUT2D eigenvalue weighted by atomic mass is 35.5. The van der Waals surface area contributed by atoms with Crippen molar-refractivity contribution in [3.8, 4) is 0 Å². The molecule has 0 aromatic heterocycles. The third kappa shape index (κ3) is 5.73. The zero-order valence-corrected chi connectivity index (χ0v) is 16.0. The third-order valence-electron chi connectivity index (χ3n) is 3.80. The first-order valence-corrected chi connectivity index (χ1v) is 8.88. The molecule has 28 heavy (non-hydrogen) atoms. The van der Waals surface area contributed by atoms with Crippen molar-refractivity contribution in [2.24, 2.45) is 0 Å². The second-order valence-corrected chi connectivity index (χ2v) is 6.74. The number of hydrogen-bond acceptors (Lipinski definition) is 3. The number of alkyl halides is 3. The Morgan fingerprint density at radius 1 is 1.07 bits per heavy atom. The summed E-state index contributed by atoms with van der Waals surface area (Å²) in [6.45, 7) is 3.33. The molecule has 1 N–H and O–H groups in total. The van der Waals surface area contributed by atoms with Crippen LogP contribution in [0.4, 0.5) is 13.2 Å². The molecule has 4 nitrogen and oxygen atoms in total. The fourth-order valence-electron chi connectivity index (χ4n) is 2.64. The van der Waals surface area contributed by atoms with Crippen LogP contribution in [0.5, 0.6) is 0 Å². The minimum absolute atomic E-state index is 0.272. The molecule has 0 bridgehead atoms. The van der Waals surface area contributed by atoms with E-state index in [1.54, 1.807) is 38.1 Å². The molecule has 2 aromatic rings. The van der Waals surface area contributed by atoms with E-state index in [0.29, 0.717) is 5.56 Å². The van der Waals surface area contributed by atoms with E-state index < -0.39 is 35.2 Å². The van der Waals surface area contributed by atoms with E-state index in [9.17, 15) is 22.8 Å². The maximum absolute atomic E-state index is 13.2. The van der Waals surface area contributed by atoms with Gasteiger partial charge < -0.3 is 10.1 Å². The van der Waals surface area contributed by atoms with Gasteiger partial charge in [0.25, 0.3) is 5.91 Å². The SMILES string of the molecule is CC(C)OC(=O)C[C@@H](NC(=O)c1ccccc1C(F)(F)F)c1ccccc1Cl. The van der Waals surface area contributed by atoms with Gasteiger partial charge in [-0.1, -0.05) is 41.9 Å². The third-order valence-corrected chi connectivity index (χ3v) is 4.15. The van der Waals surface area contributed by atoms with Crippen LogP contribution in [0.3, 0.4) is 0 Å². The zero-order valence-electron chi connectivity index (χ0n) is 15.2. The molecule has 0 radical (unpaired) electrons. The van der Waals surface area contributed by atoms with Crippen molar-refractivity contribution in [1.29, 1.82) is 0 Å². The largest absolute Gasteiger partial charge is 0.463 e. The Hall–Kier alpha value is -2.54. The Morgan fingerprint density at radius 3 is 2.29 bits per heavy atom. The topological polar surface area (TPSA) is 55.4 Å². The van der Waals surface area contributed by atoms with Gasteiger partial charge in [-0.25, -0.2) is 0 Å². The van der Waals surface area contributed by atoms with Gasteiger partial charge in [0.2, 0.25) is 0 Å². The van der Waals surface area contributed by atoms with Crippen LogP contribution in [-0.2, 0) is 15.7 Å². The van der Waals surface area contributed by atoms with Crippen LogP contribution in [-0.4, -0.2) is 18.0 Å². The fraction of sp³-hybridized carbons (Fsp3) is 0.300. The average molecular weight is 414 g/mol. The Labute approximate surface area is 165 Å². The number of carbonyl (C=O) groups excluding carboxylic acids is 2. The minimum Gasteiger partial charge on any atom is -0.463 e. The van der Waals surface area contributed by atoms with Crippen molar-refractivity contribution in [1.82, 2.24) is 5.32 Å². The van der Waals surface area contributed by atoms with Gasteiger partial charge in [0, 0.05) is 5.02 Å². The van der Waals surface area contributed by atoms with Gasteiger partial charge in [-0.05, 0) is 37.6 Å². The highest BCUT2D eigenvalue weighted by molar-refractivity contribution is 6.31. The Kier molecular flexibility index (Phi) is 7.07. The molecule has 2 aromatic carbocycles. The lowest BCUT2D eigenvalue weighted by atomic mass is 10.0. The summed E-state index contributed by atoms with van der Waals surface area (Å²) in [5, 5.41) is 2.76. The Bertz CT molecular complexity index is 853. The molecular weight excluding hydrogens is 395 g/mol. The summed E-state index contributed by atoms with van der Waals surface area (Å²) < 4.78 is 44.7. The van der Waals surface area contributed by atoms with E-state index in [2.05, 4.69) is 5.32 Å². The number of halogens is 4. The van der Waals surface area contributed by atoms with E-state index in [1.165, 1.54) is 12.1 Å². The summed E-state index contributed by atoms with van der Waals surface area (Å²) in [6.07, 6.45) is -5.34. The zero-order chi connectivity index (χ0) is 20.9. The number of rotatable bonds is 6. The van der Waals surface area contributed by atoms with Crippen LogP contribution in [0.1, 0.15) is 47.8 Å². The summed E-state index contributed by atoms with van der Waals surface area (Å²) in [5.74, 6) is -1.57. The van der Waals surface area contributed by atoms with E-state index in [-0.39, 0.29) is 17.5 Å². The van der Waals surface area contributed by atoms with Crippen molar-refractivity contribution in [3.05, 3.63) is 70.2 Å². The lowest BCUT2D eigenvalue weighted by Crippen LogP contribution is -2.32. The summed E-state index contributed by atoms with van der Waals surface area (Å²) >= 11 is 6.16. The van der Waals surface area contributed by atoms with Crippen molar-refractivity contribution in [3.63, 3.8) is 0 Å². The van der Waals surface area contributed by atoms with Crippen molar-refractivity contribution >= 4 is 23.5 Å². The molecule has 0 heterocycles. The van der Waals surface area contributed by atoms with Crippen LogP contribution in [0.25, 0.3) is 0 Å². The lowest BCUT2D eigenvalue weighted by Gasteiger charge is -2.21. The lowest BCUT2D eigenvalue weighted by molar-refractivity contribution is -0.148. The normalized spacial score (nSPS) is 12.5. The molecule has 0 fully saturated rings. The van der Waals surface area contributed by atoms with Crippen molar-refractivity contribution in [2.45, 2.75) is 38.6 Å². The first-order valence-electron chi connectivity index (χ1n) is 8.50. The average Bonchev–Trinajstić information content (AvgIpc) is 2.60. The summed E-state index contributed by atoms with van der Waals surface area (Å²) in [7, 11) is 0. The predicted octanol–water partition coefficient (Wildman–Crippen LogP) is 5.17. The molecule has 0 spiro atoms. The number of ether oxygens (including phenoxy) is 1. The first-order chi connectivity index (χ1) is 13.1. The molecule has 2 rings (SSSR count). The quantitative estimate of drug-likeness (QED) is 0.664. The van der Waals surface area contributed by atoms with Gasteiger partial charge in [-0.3, -0.25) is 9.59 Å². The second kappa shape index (κ2) is 9.10. The molecule has 0 aliphatic carbocycles. The standard InChI is InChI=1S/C20H19ClF3NO3/c1-12(2)28-18(26)11-17(14-8-4-6-10-16(14)21)25-19(27)13-7-3-5-9-15(13)20(22,23)24/h3-10,12,17H,11H2,1-2H3,(H,25,27)/t17-/m1/s1. The highest BCUT2D eigenvalue weighted by Gasteiger charge is 2.35. The predicted molar refractivity (Wildman–Crippen MR) is 98.9 cm³/mol. The Balaban J connectivity index is 2.34. The van der Waals surface area contributed by atoms with E-state index >= 15 is 0 Å². The van der Waals surface area contributed by atoms with E-state index in [0.717, 1.165) is 12.1 Å². The molecule has 8 heteroatoms. The monoisotopic (exact) mass is 413 g/mol. The fourth-order valence-corrected chi connectivity index (χ4v) is 2.91. The van der Waals surface area contributed by atoms with Gasteiger partial charge in [-0.2, -0.15) is 13.2 Å². The summed E-state index contributed by atoms with van der Waals surface area (Å²) in [6, 6.07) is 9.95. The van der Waals surface area contributed by atoms with Crippen LogP contribution in [0.2, 0.25) is 5.02 Å². The molecule has 0 saturated heterocycles. The summed E-state index contributed by atoms with van der Waals surface area (Å²) in [5.41, 5.74) is -1.19. The number of amides is 1. The maximum Gasteiger partial charge on any atom is 0.417 e. The molecule has 0 saturated carbocycles. The maximum atomic E-state index is 13.2. The first kappa shape index (κ1) is 21.8. The minimum atomic E-state index is -4.69. The molecule has 0 aliphatic rings. The van der Waals surface area contributed by atoms with Crippen molar-refractivity contribution in [2.75, 3.05) is 0 Å². The molecule has 1 atom stereocenters. The molecule has 0 unspecified atom stereocenters. The van der Waals surface area contributed by atoms with Crippen LogP contribution >= 0.6 is 11.6 Å². The number of benzene rings is 2. The number of carbonyl (C=O) groups is 2. The van der Waals surface area contributed by atoms with Gasteiger partial charge in [0.15, 0.2) is 0 Å². The van der Waals surface area contributed by atoms with Crippen LogP contribution < -0.4 is 5.32 Å². The van der Waals surface area contributed by atoms with Gasteiger partial charge >= 0.3 is 12.1 Å². The smallest absolute Gasteiger partial charge is 0.417 e. The van der Waals surface area contributed by atoms with E-state index in [1.807, 2.05) is 0 Å². The van der Waals surface area contributed by atoms with Gasteiger partial charge in [0.05, 0.1) is 29.7 Å². The van der Waals surface area contributed by atoms with E-state index in [4.69, 9.17) is 16.3 Å². The molecule has 150 valence electrons. The van der Waals surface area contributed by atoms with Crippen molar-refractivity contribution < 1.29 is 27.5 Å². The second-order valence-electron chi connectivity index (χ2n) is 6.33. The molecular formula is C20H19ClF3NO3. The van der Waals surface area contributed by atoms with Gasteiger partial charge in [-0.15, -0.1) is 0 Å². The Morgan fingerprint density at radius 2 is 1.68 bits per heavy atom. The molecule has 0 aliphatic heterocycles. The molecule has 1 amide bonds.